The Balaban J connectivity index is 1.19. The van der Waals surface area contributed by atoms with E-state index in [0.29, 0.717) is 17.4 Å². The Bertz CT molecular complexity index is 1160. The van der Waals surface area contributed by atoms with Crippen LogP contribution < -0.4 is 14.4 Å². The number of nitrogens with one attached hydrogen (secondary N) is 1. The van der Waals surface area contributed by atoms with Gasteiger partial charge in [0.1, 0.15) is 18.0 Å². The molecule has 0 bridgehead atoms. The second-order valence-corrected chi connectivity index (χ2v) is 9.64. The third kappa shape index (κ3) is 3.51. The average molecular weight is 444 g/mol. The molecule has 2 aromatic rings. The highest BCUT2D eigenvalue weighted by Gasteiger charge is 2.42. The minimum atomic E-state index is -3.98. The van der Waals surface area contributed by atoms with Crippen LogP contribution in [0.1, 0.15) is 15.9 Å². The van der Waals surface area contributed by atoms with E-state index in [1.54, 1.807) is 17.0 Å². The lowest BCUT2D eigenvalue weighted by Gasteiger charge is -2.33. The number of fused-ring (bicyclic) bond motifs is 2. The molecule has 0 spiro atoms. The zero-order valence-corrected chi connectivity index (χ0v) is 17.6. The summed E-state index contributed by atoms with van der Waals surface area (Å²) in [6.07, 6.45) is 0. The van der Waals surface area contributed by atoms with Gasteiger partial charge in [-0.3, -0.25) is 9.59 Å². The standard InChI is InChI=1S/C21H21N3O6S/c25-20(13-24-21(26)16-3-1-2-4-19(16)31(24,27)28)23-9-7-22(8-10-23)12-15-5-6-17-18(11-15)30-14-29-17/h1-6,11H,7-10,12-14H2/p+1. The van der Waals surface area contributed by atoms with Crippen LogP contribution in [0.2, 0.25) is 0 Å². The predicted octanol–water partition coefficient (Wildman–Crippen LogP) is -0.513. The van der Waals surface area contributed by atoms with Gasteiger partial charge in [0.25, 0.3) is 15.9 Å². The van der Waals surface area contributed by atoms with Gasteiger partial charge < -0.3 is 19.3 Å². The molecule has 9 nitrogen and oxygen atoms in total. The molecule has 0 saturated carbocycles. The molecule has 1 N–H and O–H groups in total. The highest BCUT2D eigenvalue weighted by Crippen LogP contribution is 2.32. The van der Waals surface area contributed by atoms with Crippen LogP contribution >= 0.6 is 0 Å². The summed E-state index contributed by atoms with van der Waals surface area (Å²) < 4.78 is 36.8. The SMILES string of the molecule is O=C(CN1C(=O)c2ccccc2S1(=O)=O)N1CC[NH+](Cc2ccc3c(c2)OCO3)CC1. The van der Waals surface area contributed by atoms with Gasteiger partial charge in [0, 0.05) is 5.56 Å². The van der Waals surface area contributed by atoms with Crippen molar-refractivity contribution in [2.75, 3.05) is 39.5 Å². The van der Waals surface area contributed by atoms with Crippen LogP contribution in [0, 0.1) is 0 Å². The molecule has 1 fully saturated rings. The van der Waals surface area contributed by atoms with Crippen LogP contribution in [0.25, 0.3) is 0 Å². The molecular formula is C21H22N3O6S+. The molecule has 5 rings (SSSR count). The summed E-state index contributed by atoms with van der Waals surface area (Å²) in [5, 5.41) is 0. The number of piperazine rings is 1. The molecule has 2 aromatic carbocycles. The summed E-state index contributed by atoms with van der Waals surface area (Å²) in [6.45, 7) is 3.07. The molecule has 2 amide bonds. The van der Waals surface area contributed by atoms with Crippen molar-refractivity contribution in [2.45, 2.75) is 11.4 Å². The zero-order valence-electron chi connectivity index (χ0n) is 16.7. The van der Waals surface area contributed by atoms with Gasteiger partial charge in [-0.1, -0.05) is 12.1 Å². The highest BCUT2D eigenvalue weighted by atomic mass is 32.2. The van der Waals surface area contributed by atoms with Gasteiger partial charge in [-0.25, -0.2) is 12.7 Å². The largest absolute Gasteiger partial charge is 0.454 e. The van der Waals surface area contributed by atoms with E-state index in [2.05, 4.69) is 0 Å². The van der Waals surface area contributed by atoms with Crippen molar-refractivity contribution in [2.24, 2.45) is 0 Å². The number of hydrogen-bond acceptors (Lipinski definition) is 6. The normalized spacial score (nSPS) is 19.5. The van der Waals surface area contributed by atoms with Gasteiger partial charge in [-0.05, 0) is 30.3 Å². The van der Waals surface area contributed by atoms with E-state index in [-0.39, 0.29) is 23.2 Å². The van der Waals surface area contributed by atoms with Crippen molar-refractivity contribution in [1.29, 1.82) is 0 Å². The van der Waals surface area contributed by atoms with E-state index in [1.807, 2.05) is 18.2 Å². The molecule has 0 unspecified atom stereocenters. The first-order valence-corrected chi connectivity index (χ1v) is 11.5. The lowest BCUT2D eigenvalue weighted by atomic mass is 10.1. The van der Waals surface area contributed by atoms with Crippen molar-refractivity contribution in [3.63, 3.8) is 0 Å². The molecule has 3 heterocycles. The number of nitrogens with zero attached hydrogens (tertiary/aromatic N) is 2. The van der Waals surface area contributed by atoms with E-state index in [4.69, 9.17) is 9.47 Å². The first-order chi connectivity index (χ1) is 14.9. The van der Waals surface area contributed by atoms with Gasteiger partial charge in [-0.2, -0.15) is 0 Å². The fourth-order valence-electron chi connectivity index (χ4n) is 4.20. The third-order valence-electron chi connectivity index (χ3n) is 5.91. The molecule has 0 aromatic heterocycles. The molecule has 162 valence electrons. The second kappa shape index (κ2) is 7.54. The topological polar surface area (TPSA) is 97.7 Å². The minimum absolute atomic E-state index is 0.0363. The fourth-order valence-corrected chi connectivity index (χ4v) is 5.72. The van der Waals surface area contributed by atoms with Crippen LogP contribution in [0.4, 0.5) is 0 Å². The van der Waals surface area contributed by atoms with Gasteiger partial charge in [0.15, 0.2) is 11.5 Å². The molecule has 1 saturated heterocycles. The number of carbonyl (C=O) groups excluding carboxylic acids is 2. The number of rotatable bonds is 4. The maximum Gasteiger partial charge on any atom is 0.269 e. The molecule has 0 aliphatic carbocycles. The van der Waals surface area contributed by atoms with E-state index in [9.17, 15) is 18.0 Å². The molecule has 3 aliphatic heterocycles. The Kier molecular flexibility index (Phi) is 4.82. The quantitative estimate of drug-likeness (QED) is 0.682. The maximum atomic E-state index is 12.8. The molecule has 3 aliphatic rings. The lowest BCUT2D eigenvalue weighted by Crippen LogP contribution is -3.13. The zero-order chi connectivity index (χ0) is 21.6. The molecule has 0 radical (unpaired) electrons. The van der Waals surface area contributed by atoms with Gasteiger partial charge in [0.2, 0.25) is 12.7 Å². The Labute approximate surface area is 179 Å². The second-order valence-electron chi connectivity index (χ2n) is 7.81. The number of quaternary nitrogens is 1. The molecule has 10 heteroatoms. The summed E-state index contributed by atoms with van der Waals surface area (Å²) in [5.41, 5.74) is 1.25. The van der Waals surface area contributed by atoms with Gasteiger partial charge in [-0.15, -0.1) is 0 Å². The third-order valence-corrected chi connectivity index (χ3v) is 7.69. The number of carbonyl (C=O) groups is 2. The van der Waals surface area contributed by atoms with Crippen LogP contribution in [0.5, 0.6) is 11.5 Å². The van der Waals surface area contributed by atoms with E-state index in [0.717, 1.165) is 36.7 Å². The number of hydrogen-bond donors (Lipinski definition) is 1. The maximum absolute atomic E-state index is 12.8. The Morgan fingerprint density at radius 2 is 1.77 bits per heavy atom. The first-order valence-electron chi connectivity index (χ1n) is 10.1. The Hall–Kier alpha value is -3.11. The summed E-state index contributed by atoms with van der Waals surface area (Å²) in [6, 6.07) is 11.9. The van der Waals surface area contributed by atoms with Crippen molar-refractivity contribution >= 4 is 21.8 Å². The monoisotopic (exact) mass is 444 g/mol. The van der Waals surface area contributed by atoms with Crippen LogP contribution in [0.15, 0.2) is 47.4 Å². The highest BCUT2D eigenvalue weighted by molar-refractivity contribution is 7.90. The van der Waals surface area contributed by atoms with E-state index in [1.165, 1.54) is 17.0 Å². The number of ether oxygens (including phenoxy) is 2. The summed E-state index contributed by atoms with van der Waals surface area (Å²) in [5.74, 6) is 0.508. The molecular weight excluding hydrogens is 422 g/mol. The first kappa shape index (κ1) is 19.8. The van der Waals surface area contributed by atoms with E-state index < -0.39 is 22.5 Å². The van der Waals surface area contributed by atoms with Gasteiger partial charge in [0.05, 0.1) is 31.7 Å². The average Bonchev–Trinajstić information content (AvgIpc) is 3.31. The van der Waals surface area contributed by atoms with Gasteiger partial charge >= 0.3 is 0 Å². The van der Waals surface area contributed by atoms with Crippen molar-refractivity contribution in [3.8, 4) is 11.5 Å². The van der Waals surface area contributed by atoms with Crippen LogP contribution in [-0.2, 0) is 21.4 Å². The van der Waals surface area contributed by atoms with E-state index >= 15 is 0 Å². The molecule has 0 atom stereocenters. The molecule has 31 heavy (non-hydrogen) atoms. The number of benzene rings is 2. The summed E-state index contributed by atoms with van der Waals surface area (Å²) in [7, 11) is -3.98. The van der Waals surface area contributed by atoms with Crippen LogP contribution in [0.3, 0.4) is 0 Å². The smallest absolute Gasteiger partial charge is 0.269 e. The number of amides is 2. The minimum Gasteiger partial charge on any atom is -0.454 e. The predicted molar refractivity (Wildman–Crippen MR) is 108 cm³/mol. The Morgan fingerprint density at radius 1 is 1.03 bits per heavy atom. The Morgan fingerprint density at radius 3 is 2.55 bits per heavy atom. The lowest BCUT2D eigenvalue weighted by molar-refractivity contribution is -0.917. The summed E-state index contributed by atoms with van der Waals surface area (Å²) >= 11 is 0. The summed E-state index contributed by atoms with van der Waals surface area (Å²) in [4.78, 5) is 28.2. The van der Waals surface area contributed by atoms with Crippen LogP contribution in [-0.4, -0.2) is 69.0 Å². The van der Waals surface area contributed by atoms with Crippen molar-refractivity contribution in [1.82, 2.24) is 9.21 Å². The fraction of sp³-hybridized carbons (Fsp3) is 0.333. The number of sulfonamides is 1. The van der Waals surface area contributed by atoms with Crippen molar-refractivity contribution < 1.29 is 32.4 Å². The van der Waals surface area contributed by atoms with Crippen molar-refractivity contribution in [3.05, 3.63) is 53.6 Å².